The highest BCUT2D eigenvalue weighted by molar-refractivity contribution is 7.89. The molecular weight excluding hydrogens is 312 g/mol. The second kappa shape index (κ2) is 6.60. The summed E-state index contributed by atoms with van der Waals surface area (Å²) in [5.74, 6) is 0.640. The average molecular weight is 333 g/mol. The summed E-state index contributed by atoms with van der Waals surface area (Å²) in [5, 5.41) is 10.6. The van der Waals surface area contributed by atoms with Crippen molar-refractivity contribution in [3.05, 3.63) is 23.5 Å². The Morgan fingerprint density at radius 2 is 2.14 bits per heavy atom. The SMILES string of the molecule is CCC1CCC(O)(CNS(=O)(=O)c2ccnc(Cl)c2)CC1. The van der Waals surface area contributed by atoms with Gasteiger partial charge in [-0.3, -0.25) is 0 Å². The van der Waals surface area contributed by atoms with Crippen molar-refractivity contribution in [1.82, 2.24) is 9.71 Å². The van der Waals surface area contributed by atoms with Gasteiger partial charge in [0.2, 0.25) is 10.0 Å². The minimum absolute atomic E-state index is 0.0334. The van der Waals surface area contributed by atoms with Crippen molar-refractivity contribution >= 4 is 21.6 Å². The highest BCUT2D eigenvalue weighted by Crippen LogP contribution is 2.33. The number of pyridine rings is 1. The number of aromatic nitrogens is 1. The summed E-state index contributed by atoms with van der Waals surface area (Å²) >= 11 is 5.71. The molecule has 1 fully saturated rings. The molecule has 1 aliphatic carbocycles. The van der Waals surface area contributed by atoms with Gasteiger partial charge in [-0.1, -0.05) is 24.9 Å². The first-order valence-corrected chi connectivity index (χ1v) is 9.04. The highest BCUT2D eigenvalue weighted by atomic mass is 35.5. The van der Waals surface area contributed by atoms with E-state index in [4.69, 9.17) is 11.6 Å². The van der Waals surface area contributed by atoms with Crippen LogP contribution in [0.2, 0.25) is 5.15 Å². The van der Waals surface area contributed by atoms with Crippen LogP contribution in [0.4, 0.5) is 0 Å². The first-order valence-electron chi connectivity index (χ1n) is 7.18. The van der Waals surface area contributed by atoms with E-state index in [0.717, 1.165) is 19.3 Å². The summed E-state index contributed by atoms with van der Waals surface area (Å²) in [6, 6.07) is 2.67. The fourth-order valence-corrected chi connectivity index (χ4v) is 4.04. The number of sulfonamides is 1. The van der Waals surface area contributed by atoms with Crippen molar-refractivity contribution < 1.29 is 13.5 Å². The summed E-state index contributed by atoms with van der Waals surface area (Å²) in [7, 11) is -3.67. The molecule has 0 unspecified atom stereocenters. The summed E-state index contributed by atoms with van der Waals surface area (Å²) in [4.78, 5) is 3.82. The Kier molecular flexibility index (Phi) is 5.24. The van der Waals surface area contributed by atoms with Crippen molar-refractivity contribution in [2.24, 2.45) is 5.92 Å². The molecule has 1 heterocycles. The van der Waals surface area contributed by atoms with E-state index in [-0.39, 0.29) is 16.6 Å². The second-order valence-electron chi connectivity index (χ2n) is 5.71. The van der Waals surface area contributed by atoms with Gasteiger partial charge in [-0.2, -0.15) is 0 Å². The lowest BCUT2D eigenvalue weighted by atomic mass is 9.78. The molecule has 0 aliphatic heterocycles. The quantitative estimate of drug-likeness (QED) is 0.811. The number of halogens is 1. The van der Waals surface area contributed by atoms with Crippen LogP contribution in [-0.2, 0) is 10.0 Å². The predicted octanol–water partition coefficient (Wildman–Crippen LogP) is 2.34. The van der Waals surface area contributed by atoms with Crippen LogP contribution in [0.3, 0.4) is 0 Å². The molecule has 1 saturated carbocycles. The smallest absolute Gasteiger partial charge is 0.240 e. The first-order chi connectivity index (χ1) is 9.85. The van der Waals surface area contributed by atoms with E-state index in [1.165, 1.54) is 18.3 Å². The van der Waals surface area contributed by atoms with Crippen LogP contribution in [0.15, 0.2) is 23.2 Å². The molecule has 2 N–H and O–H groups in total. The van der Waals surface area contributed by atoms with Gasteiger partial charge in [-0.05, 0) is 43.7 Å². The summed E-state index contributed by atoms with van der Waals surface area (Å²) in [5.41, 5.74) is -0.949. The number of hydrogen-bond acceptors (Lipinski definition) is 4. The van der Waals surface area contributed by atoms with Gasteiger partial charge in [-0.25, -0.2) is 18.1 Å². The lowest BCUT2D eigenvalue weighted by Crippen LogP contribution is -2.45. The van der Waals surface area contributed by atoms with E-state index >= 15 is 0 Å². The largest absolute Gasteiger partial charge is 0.389 e. The van der Waals surface area contributed by atoms with Gasteiger partial charge in [-0.15, -0.1) is 0 Å². The molecule has 0 atom stereocenters. The van der Waals surface area contributed by atoms with Gasteiger partial charge in [0.1, 0.15) is 5.15 Å². The minimum atomic E-state index is -3.67. The third-order valence-electron chi connectivity index (χ3n) is 4.21. The molecule has 0 radical (unpaired) electrons. The van der Waals surface area contributed by atoms with Crippen LogP contribution in [0.25, 0.3) is 0 Å². The summed E-state index contributed by atoms with van der Waals surface area (Å²) < 4.78 is 26.8. The lowest BCUT2D eigenvalue weighted by molar-refractivity contribution is -0.00442. The van der Waals surface area contributed by atoms with Gasteiger partial charge >= 0.3 is 0 Å². The normalized spacial score (nSPS) is 26.7. The molecule has 118 valence electrons. The Labute approximate surface area is 130 Å². The number of hydrogen-bond donors (Lipinski definition) is 2. The van der Waals surface area contributed by atoms with Crippen molar-refractivity contribution in [1.29, 1.82) is 0 Å². The van der Waals surface area contributed by atoms with Crippen LogP contribution in [0.5, 0.6) is 0 Å². The van der Waals surface area contributed by atoms with Crippen LogP contribution < -0.4 is 4.72 Å². The minimum Gasteiger partial charge on any atom is -0.389 e. The Morgan fingerprint density at radius 1 is 1.48 bits per heavy atom. The van der Waals surface area contributed by atoms with Gasteiger partial charge in [0.05, 0.1) is 10.5 Å². The molecule has 0 saturated heterocycles. The lowest BCUT2D eigenvalue weighted by Gasteiger charge is -2.35. The zero-order valence-electron chi connectivity index (χ0n) is 12.0. The Bertz CT molecular complexity index is 584. The second-order valence-corrected chi connectivity index (χ2v) is 7.87. The molecule has 21 heavy (non-hydrogen) atoms. The van der Waals surface area contributed by atoms with Crippen LogP contribution in [-0.4, -0.2) is 30.7 Å². The van der Waals surface area contributed by atoms with E-state index < -0.39 is 15.6 Å². The number of nitrogens with zero attached hydrogens (tertiary/aromatic N) is 1. The van der Waals surface area contributed by atoms with Crippen molar-refractivity contribution in [3.63, 3.8) is 0 Å². The molecule has 2 rings (SSSR count). The molecule has 1 aromatic rings. The molecule has 7 heteroatoms. The van der Waals surface area contributed by atoms with Gasteiger partial charge in [0, 0.05) is 12.7 Å². The van der Waals surface area contributed by atoms with E-state index in [1.807, 2.05) is 0 Å². The van der Waals surface area contributed by atoms with Crippen LogP contribution in [0.1, 0.15) is 39.0 Å². The summed E-state index contributed by atoms with van der Waals surface area (Å²) in [6.45, 7) is 2.18. The topological polar surface area (TPSA) is 79.3 Å². The van der Waals surface area contributed by atoms with E-state index in [2.05, 4.69) is 16.6 Å². The van der Waals surface area contributed by atoms with E-state index in [9.17, 15) is 13.5 Å². The predicted molar refractivity (Wildman–Crippen MR) is 81.6 cm³/mol. The standard InChI is InChI=1S/C14H21ClN2O3S/c1-2-11-3-6-14(18,7-4-11)10-17-21(19,20)12-5-8-16-13(15)9-12/h5,8-9,11,17-18H,2-4,6-7,10H2,1H3. The monoisotopic (exact) mass is 332 g/mol. The molecule has 0 spiro atoms. The first kappa shape index (κ1) is 16.7. The molecule has 1 aliphatic rings. The van der Waals surface area contributed by atoms with E-state index in [0.29, 0.717) is 18.8 Å². The van der Waals surface area contributed by atoms with Crippen molar-refractivity contribution in [2.75, 3.05) is 6.54 Å². The molecular formula is C14H21ClN2O3S. The molecule has 0 aromatic carbocycles. The Balaban J connectivity index is 1.99. The van der Waals surface area contributed by atoms with Crippen LogP contribution >= 0.6 is 11.6 Å². The zero-order valence-corrected chi connectivity index (χ0v) is 13.6. The molecule has 5 nitrogen and oxygen atoms in total. The van der Waals surface area contributed by atoms with Crippen molar-refractivity contribution in [3.8, 4) is 0 Å². The van der Waals surface area contributed by atoms with Crippen molar-refractivity contribution in [2.45, 2.75) is 49.5 Å². The number of rotatable bonds is 5. The summed E-state index contributed by atoms with van der Waals surface area (Å²) in [6.07, 6.45) is 5.59. The molecule has 1 aromatic heterocycles. The average Bonchev–Trinajstić information content (AvgIpc) is 2.46. The third kappa shape index (κ3) is 4.39. The highest BCUT2D eigenvalue weighted by Gasteiger charge is 2.33. The zero-order chi connectivity index (χ0) is 15.5. The maximum absolute atomic E-state index is 12.2. The molecule has 0 bridgehead atoms. The number of nitrogens with one attached hydrogen (secondary N) is 1. The maximum atomic E-state index is 12.2. The van der Waals surface area contributed by atoms with Gasteiger partial charge in [0.25, 0.3) is 0 Å². The van der Waals surface area contributed by atoms with Crippen LogP contribution in [0, 0.1) is 5.92 Å². The fourth-order valence-electron chi connectivity index (χ4n) is 2.66. The fraction of sp³-hybridized carbons (Fsp3) is 0.643. The number of aliphatic hydroxyl groups is 1. The third-order valence-corrected chi connectivity index (χ3v) is 5.82. The van der Waals surface area contributed by atoms with Gasteiger partial charge in [0.15, 0.2) is 0 Å². The Morgan fingerprint density at radius 3 is 2.71 bits per heavy atom. The maximum Gasteiger partial charge on any atom is 0.240 e. The Hall–Kier alpha value is -0.690. The molecule has 0 amide bonds. The van der Waals surface area contributed by atoms with Gasteiger partial charge < -0.3 is 5.11 Å². The van der Waals surface area contributed by atoms with E-state index in [1.54, 1.807) is 0 Å².